The second-order valence-corrected chi connectivity index (χ2v) is 6.00. The maximum absolute atomic E-state index is 14.4. The van der Waals surface area contributed by atoms with Crippen LogP contribution in [0.25, 0.3) is 10.9 Å². The number of aromatic amines is 1. The summed E-state index contributed by atoms with van der Waals surface area (Å²) in [5.41, 5.74) is 1.44. The maximum atomic E-state index is 14.4. The van der Waals surface area contributed by atoms with Gasteiger partial charge in [0.2, 0.25) is 0 Å². The Kier molecular flexibility index (Phi) is 3.94. The lowest BCUT2D eigenvalue weighted by Gasteiger charge is -2.19. The summed E-state index contributed by atoms with van der Waals surface area (Å²) in [5, 5.41) is 0.387. The molecule has 4 nitrogen and oxygen atoms in total. The predicted molar refractivity (Wildman–Crippen MR) is 79.1 cm³/mol. The summed E-state index contributed by atoms with van der Waals surface area (Å²) in [7, 11) is 1.41. The minimum absolute atomic E-state index is 0.0210. The van der Waals surface area contributed by atoms with Crippen LogP contribution in [0.2, 0.25) is 0 Å². The molecule has 2 aromatic rings. The number of aryl methyl sites for hydroxylation is 1. The average Bonchev–Trinajstić information content (AvgIpc) is 2.65. The quantitative estimate of drug-likeness (QED) is 0.881. The molecule has 0 fully saturated rings. The fourth-order valence-corrected chi connectivity index (χ4v) is 2.32. The minimum Gasteiger partial charge on any atom is -0.494 e. The molecule has 114 valence electrons. The van der Waals surface area contributed by atoms with Crippen molar-refractivity contribution < 1.29 is 18.7 Å². The van der Waals surface area contributed by atoms with E-state index in [1.807, 2.05) is 6.92 Å². The molecule has 0 bridgehead atoms. The van der Waals surface area contributed by atoms with Gasteiger partial charge in [0, 0.05) is 16.6 Å². The molecule has 0 saturated heterocycles. The van der Waals surface area contributed by atoms with Gasteiger partial charge in [-0.3, -0.25) is 4.79 Å². The summed E-state index contributed by atoms with van der Waals surface area (Å²) in [6.07, 6.45) is 0.0210. The van der Waals surface area contributed by atoms with Crippen molar-refractivity contribution in [3.63, 3.8) is 0 Å². The first-order chi connectivity index (χ1) is 9.73. The highest BCUT2D eigenvalue weighted by Gasteiger charge is 2.22. The number of carbonyl (C=O) groups is 1. The summed E-state index contributed by atoms with van der Waals surface area (Å²) in [6, 6.07) is 3.30. The third-order valence-electron chi connectivity index (χ3n) is 3.14. The zero-order chi connectivity index (χ0) is 15.8. The fraction of sp³-hybridized carbons (Fsp3) is 0.438. The van der Waals surface area contributed by atoms with E-state index in [0.717, 1.165) is 5.69 Å². The van der Waals surface area contributed by atoms with E-state index in [0.29, 0.717) is 16.5 Å². The molecule has 0 aliphatic carbocycles. The highest BCUT2D eigenvalue weighted by molar-refractivity contribution is 5.90. The van der Waals surface area contributed by atoms with Crippen molar-refractivity contribution in [1.29, 1.82) is 0 Å². The third kappa shape index (κ3) is 3.17. The van der Waals surface area contributed by atoms with Crippen LogP contribution in [0.3, 0.4) is 0 Å². The number of ether oxygens (including phenoxy) is 2. The van der Waals surface area contributed by atoms with Crippen molar-refractivity contribution in [3.05, 3.63) is 29.2 Å². The predicted octanol–water partition coefficient (Wildman–Crippen LogP) is 3.51. The average molecular weight is 293 g/mol. The van der Waals surface area contributed by atoms with Crippen molar-refractivity contribution in [1.82, 2.24) is 4.98 Å². The monoisotopic (exact) mass is 293 g/mol. The third-order valence-corrected chi connectivity index (χ3v) is 3.14. The molecule has 5 heteroatoms. The van der Waals surface area contributed by atoms with Gasteiger partial charge in [-0.05, 0) is 45.4 Å². The Morgan fingerprint density at radius 1 is 1.33 bits per heavy atom. The van der Waals surface area contributed by atoms with Crippen LogP contribution in [0.15, 0.2) is 12.1 Å². The molecule has 0 atom stereocenters. The van der Waals surface area contributed by atoms with Gasteiger partial charge in [0.15, 0.2) is 11.6 Å². The smallest absolute Gasteiger partial charge is 0.310 e. The summed E-state index contributed by atoms with van der Waals surface area (Å²) in [4.78, 5) is 15.1. The lowest BCUT2D eigenvalue weighted by atomic mass is 10.1. The SMILES string of the molecule is COc1ccc2[nH]c(C)c(CC(=O)OC(C)(C)C)c2c1F. The molecular formula is C16H20FNO3. The number of nitrogens with one attached hydrogen (secondary N) is 1. The molecule has 0 spiro atoms. The van der Waals surface area contributed by atoms with Gasteiger partial charge in [0.05, 0.1) is 13.5 Å². The Balaban J connectivity index is 2.44. The number of esters is 1. The number of benzene rings is 1. The van der Waals surface area contributed by atoms with Gasteiger partial charge in [0.25, 0.3) is 0 Å². The van der Waals surface area contributed by atoms with E-state index in [-0.39, 0.29) is 18.1 Å². The number of halogens is 1. The first kappa shape index (κ1) is 15.4. The van der Waals surface area contributed by atoms with Crippen LogP contribution in [-0.4, -0.2) is 23.7 Å². The van der Waals surface area contributed by atoms with E-state index in [1.165, 1.54) is 7.11 Å². The Labute approximate surface area is 123 Å². The van der Waals surface area contributed by atoms with Crippen LogP contribution in [0.5, 0.6) is 5.75 Å². The zero-order valence-corrected chi connectivity index (χ0v) is 13.0. The summed E-state index contributed by atoms with van der Waals surface area (Å²) < 4.78 is 24.7. The van der Waals surface area contributed by atoms with E-state index in [2.05, 4.69) is 4.98 Å². The maximum Gasteiger partial charge on any atom is 0.310 e. The van der Waals surface area contributed by atoms with Gasteiger partial charge in [0.1, 0.15) is 5.60 Å². The number of hydrogen-bond acceptors (Lipinski definition) is 3. The Hall–Kier alpha value is -2.04. The number of hydrogen-bond donors (Lipinski definition) is 1. The van der Waals surface area contributed by atoms with Crippen molar-refractivity contribution in [3.8, 4) is 5.75 Å². The molecule has 0 saturated carbocycles. The van der Waals surface area contributed by atoms with Crippen molar-refractivity contribution >= 4 is 16.9 Å². The van der Waals surface area contributed by atoms with E-state index < -0.39 is 11.4 Å². The Morgan fingerprint density at radius 3 is 2.57 bits per heavy atom. The van der Waals surface area contributed by atoms with Crippen molar-refractivity contribution in [2.75, 3.05) is 7.11 Å². The number of aromatic nitrogens is 1. The van der Waals surface area contributed by atoms with E-state index in [9.17, 15) is 9.18 Å². The molecule has 1 heterocycles. The molecule has 1 N–H and O–H groups in total. The van der Waals surface area contributed by atoms with E-state index in [4.69, 9.17) is 9.47 Å². The molecule has 0 radical (unpaired) electrons. The first-order valence-electron chi connectivity index (χ1n) is 6.78. The Bertz CT molecular complexity index is 683. The largest absolute Gasteiger partial charge is 0.494 e. The number of rotatable bonds is 3. The molecule has 0 aliphatic rings. The number of carbonyl (C=O) groups excluding carboxylic acids is 1. The van der Waals surface area contributed by atoms with E-state index >= 15 is 0 Å². The van der Waals surface area contributed by atoms with Gasteiger partial charge < -0.3 is 14.5 Å². The number of H-pyrrole nitrogens is 1. The number of methoxy groups -OCH3 is 1. The van der Waals surface area contributed by atoms with Crippen LogP contribution in [0.4, 0.5) is 4.39 Å². The molecule has 0 aliphatic heterocycles. The van der Waals surface area contributed by atoms with Crippen LogP contribution in [-0.2, 0) is 16.0 Å². The van der Waals surface area contributed by atoms with Gasteiger partial charge in [-0.1, -0.05) is 0 Å². The highest BCUT2D eigenvalue weighted by atomic mass is 19.1. The molecule has 1 aromatic heterocycles. The molecular weight excluding hydrogens is 273 g/mol. The van der Waals surface area contributed by atoms with Crippen molar-refractivity contribution in [2.24, 2.45) is 0 Å². The van der Waals surface area contributed by atoms with Gasteiger partial charge >= 0.3 is 5.97 Å². The zero-order valence-electron chi connectivity index (χ0n) is 13.0. The van der Waals surface area contributed by atoms with Gasteiger partial charge in [-0.25, -0.2) is 4.39 Å². The van der Waals surface area contributed by atoms with Crippen molar-refractivity contribution in [2.45, 2.75) is 39.7 Å². The number of fused-ring (bicyclic) bond motifs is 1. The minimum atomic E-state index is -0.562. The molecule has 2 rings (SSSR count). The lowest BCUT2D eigenvalue weighted by molar-refractivity contribution is -0.153. The molecule has 0 amide bonds. The van der Waals surface area contributed by atoms with E-state index in [1.54, 1.807) is 32.9 Å². The second kappa shape index (κ2) is 5.39. The fourth-order valence-electron chi connectivity index (χ4n) is 2.32. The summed E-state index contributed by atoms with van der Waals surface area (Å²) in [6.45, 7) is 7.22. The second-order valence-electron chi connectivity index (χ2n) is 6.00. The van der Waals surface area contributed by atoms with Gasteiger partial charge in [-0.15, -0.1) is 0 Å². The highest BCUT2D eigenvalue weighted by Crippen LogP contribution is 2.31. The first-order valence-corrected chi connectivity index (χ1v) is 6.78. The molecule has 0 unspecified atom stereocenters. The Morgan fingerprint density at radius 2 is 2.00 bits per heavy atom. The summed E-state index contributed by atoms with van der Waals surface area (Å²) in [5.74, 6) is -0.682. The molecule has 21 heavy (non-hydrogen) atoms. The topological polar surface area (TPSA) is 51.3 Å². The standard InChI is InChI=1S/C16H20FNO3/c1-9-10(8-13(19)21-16(2,3)4)14-11(18-9)6-7-12(20-5)15(14)17/h6-7,18H,8H2,1-5H3. The normalized spacial score (nSPS) is 11.7. The van der Waals surface area contributed by atoms with Crippen LogP contribution >= 0.6 is 0 Å². The van der Waals surface area contributed by atoms with Crippen LogP contribution in [0.1, 0.15) is 32.0 Å². The van der Waals surface area contributed by atoms with Gasteiger partial charge in [-0.2, -0.15) is 0 Å². The van der Waals surface area contributed by atoms with Crippen LogP contribution < -0.4 is 4.74 Å². The summed E-state index contributed by atoms with van der Waals surface area (Å²) >= 11 is 0. The molecule has 1 aromatic carbocycles. The lowest BCUT2D eigenvalue weighted by Crippen LogP contribution is -2.25. The van der Waals surface area contributed by atoms with Crippen LogP contribution in [0, 0.1) is 12.7 Å².